The lowest BCUT2D eigenvalue weighted by atomic mass is 9.67. The van der Waals surface area contributed by atoms with Gasteiger partial charge >= 0.3 is 0 Å². The van der Waals surface area contributed by atoms with E-state index >= 15 is 0 Å². The molecule has 0 saturated heterocycles. The Kier molecular flexibility index (Phi) is 4.00. The third-order valence-corrected chi connectivity index (χ3v) is 8.38. The van der Waals surface area contributed by atoms with E-state index in [1.54, 1.807) is 11.5 Å². The highest BCUT2D eigenvalue weighted by molar-refractivity contribution is 7.15. The van der Waals surface area contributed by atoms with E-state index in [2.05, 4.69) is 45.3 Å². The van der Waals surface area contributed by atoms with Crippen LogP contribution in [0.1, 0.15) is 47.9 Å². The summed E-state index contributed by atoms with van der Waals surface area (Å²) in [7, 11) is 0. The lowest BCUT2D eigenvalue weighted by Crippen LogP contribution is -2.36. The Labute approximate surface area is 174 Å². The van der Waals surface area contributed by atoms with Crippen LogP contribution in [-0.2, 0) is 0 Å². The molecule has 6 heteroatoms. The maximum Gasteiger partial charge on any atom is 0.0687 e. The van der Waals surface area contributed by atoms with Gasteiger partial charge in [0.05, 0.1) is 22.9 Å². The van der Waals surface area contributed by atoms with Crippen LogP contribution in [0, 0.1) is 23.2 Å². The first kappa shape index (κ1) is 17.5. The zero-order chi connectivity index (χ0) is 19.5. The molecule has 5 atom stereocenters. The first-order valence-corrected chi connectivity index (χ1v) is 11.5. The summed E-state index contributed by atoms with van der Waals surface area (Å²) in [5.41, 5.74) is 7.12. The zero-order valence-electron chi connectivity index (χ0n) is 16.2. The van der Waals surface area contributed by atoms with Crippen LogP contribution in [0.3, 0.4) is 0 Å². The number of anilines is 2. The first-order chi connectivity index (χ1) is 14.3. The highest BCUT2D eigenvalue weighted by atomic mass is 32.1. The van der Waals surface area contributed by atoms with Gasteiger partial charge in [0.15, 0.2) is 0 Å². The molecule has 29 heavy (non-hydrogen) atoms. The van der Waals surface area contributed by atoms with E-state index in [0.717, 1.165) is 23.1 Å². The van der Waals surface area contributed by atoms with Gasteiger partial charge in [-0.05, 0) is 78.3 Å². The van der Waals surface area contributed by atoms with Crippen LogP contribution >= 0.6 is 11.5 Å². The summed E-state index contributed by atoms with van der Waals surface area (Å²) in [5, 5.41) is 24.6. The van der Waals surface area contributed by atoms with Gasteiger partial charge in [-0.3, -0.25) is 0 Å². The highest BCUT2D eigenvalue weighted by Gasteiger charge is 2.54. The molecule has 1 aliphatic heterocycles. The van der Waals surface area contributed by atoms with Crippen molar-refractivity contribution in [2.24, 2.45) is 17.8 Å². The van der Waals surface area contributed by atoms with Gasteiger partial charge in [0.25, 0.3) is 0 Å². The van der Waals surface area contributed by atoms with Crippen molar-refractivity contribution < 1.29 is 5.11 Å². The number of H-pyrrole nitrogens is 1. The molecule has 150 valence electrons. The summed E-state index contributed by atoms with van der Waals surface area (Å²) < 4.78 is 4.64. The maximum atomic E-state index is 9.24. The zero-order valence-corrected chi connectivity index (χ0v) is 17.1. The van der Waals surface area contributed by atoms with Crippen LogP contribution in [-0.4, -0.2) is 28.8 Å². The second-order valence-electron chi connectivity index (χ2n) is 8.80. The Balaban J connectivity index is 1.48. The van der Waals surface area contributed by atoms with Gasteiger partial charge in [-0.25, -0.2) is 0 Å². The fourth-order valence-electron chi connectivity index (χ4n) is 6.40. The van der Waals surface area contributed by atoms with Crippen molar-refractivity contribution >= 4 is 39.3 Å². The van der Waals surface area contributed by atoms with Gasteiger partial charge in [0.1, 0.15) is 0 Å². The molecule has 3 aromatic rings. The topological polar surface area (TPSA) is 83.9 Å². The van der Waals surface area contributed by atoms with Crippen LogP contribution in [0.2, 0.25) is 0 Å². The van der Waals surface area contributed by atoms with Crippen molar-refractivity contribution in [3.05, 3.63) is 47.0 Å². The first-order valence-electron chi connectivity index (χ1n) is 10.6. The van der Waals surface area contributed by atoms with Crippen molar-refractivity contribution in [3.8, 4) is 0 Å². The molecular formula is C23H26N4OS. The van der Waals surface area contributed by atoms with Gasteiger partial charge < -0.3 is 25.5 Å². The Morgan fingerprint density at radius 2 is 2.10 bits per heavy atom. The SMILES string of the molecule is N=Cc1c(NCCO)ccc2c1C1C3CCC(C3)[C@H]1[C@H](c1ccc3[nH]sc3c1)N2. The summed E-state index contributed by atoms with van der Waals surface area (Å²) in [4.78, 5) is 0. The third-order valence-electron chi connectivity index (χ3n) is 7.50. The van der Waals surface area contributed by atoms with Gasteiger partial charge in [0, 0.05) is 29.7 Å². The summed E-state index contributed by atoms with van der Waals surface area (Å²) in [6.07, 6.45) is 5.48. The second kappa shape index (κ2) is 6.61. The minimum Gasteiger partial charge on any atom is -0.395 e. The van der Waals surface area contributed by atoms with Gasteiger partial charge in [-0.2, -0.15) is 0 Å². The molecule has 5 nitrogen and oxygen atoms in total. The molecule has 3 unspecified atom stereocenters. The largest absolute Gasteiger partial charge is 0.395 e. The Bertz CT molecular complexity index is 1090. The number of aliphatic hydroxyl groups is 1. The van der Waals surface area contributed by atoms with Crippen molar-refractivity contribution in [2.75, 3.05) is 23.8 Å². The Hall–Kier alpha value is -2.31. The summed E-state index contributed by atoms with van der Waals surface area (Å²) in [6.45, 7) is 0.605. The number of rotatable bonds is 5. The molecule has 6 rings (SSSR count). The average molecular weight is 407 g/mol. The van der Waals surface area contributed by atoms with Crippen LogP contribution in [0.4, 0.5) is 11.4 Å². The molecule has 2 aromatic carbocycles. The molecule has 0 amide bonds. The van der Waals surface area contributed by atoms with Crippen LogP contribution in [0.15, 0.2) is 30.3 Å². The molecule has 2 aliphatic carbocycles. The summed E-state index contributed by atoms with van der Waals surface area (Å²) >= 11 is 1.71. The minimum absolute atomic E-state index is 0.0940. The normalized spacial score (nSPS) is 29.5. The summed E-state index contributed by atoms with van der Waals surface area (Å²) in [6, 6.07) is 11.4. The average Bonchev–Trinajstić information content (AvgIpc) is 3.34. The van der Waals surface area contributed by atoms with Gasteiger partial charge in [-0.15, -0.1) is 0 Å². The van der Waals surface area contributed by atoms with E-state index < -0.39 is 0 Å². The van der Waals surface area contributed by atoms with E-state index in [1.165, 1.54) is 52.5 Å². The lowest BCUT2D eigenvalue weighted by molar-refractivity contribution is 0.247. The fourth-order valence-corrected chi connectivity index (χ4v) is 7.07. The predicted molar refractivity (Wildman–Crippen MR) is 120 cm³/mol. The minimum atomic E-state index is 0.0940. The Morgan fingerprint density at radius 1 is 1.21 bits per heavy atom. The van der Waals surface area contributed by atoms with Crippen LogP contribution in [0.25, 0.3) is 10.2 Å². The molecule has 0 radical (unpaired) electrons. The highest BCUT2D eigenvalue weighted by Crippen LogP contribution is 2.64. The molecule has 1 aromatic heterocycles. The number of hydrogen-bond acceptors (Lipinski definition) is 5. The number of benzene rings is 2. The lowest BCUT2D eigenvalue weighted by Gasteiger charge is -2.44. The number of hydrogen-bond donors (Lipinski definition) is 5. The maximum absolute atomic E-state index is 9.24. The second-order valence-corrected chi connectivity index (χ2v) is 9.65. The number of aliphatic hydroxyl groups excluding tert-OH is 1. The van der Waals surface area contributed by atoms with E-state index in [-0.39, 0.29) is 6.61 Å². The molecule has 2 heterocycles. The number of fused-ring (bicyclic) bond motifs is 8. The van der Waals surface area contributed by atoms with Crippen molar-refractivity contribution in [3.63, 3.8) is 0 Å². The molecule has 2 saturated carbocycles. The van der Waals surface area contributed by atoms with Crippen LogP contribution < -0.4 is 10.6 Å². The molecule has 3 aliphatic rings. The van der Waals surface area contributed by atoms with Crippen molar-refractivity contribution in [2.45, 2.75) is 31.2 Å². The predicted octanol–water partition coefficient (Wildman–Crippen LogP) is 4.93. The van der Waals surface area contributed by atoms with E-state index in [4.69, 9.17) is 5.41 Å². The molecule has 5 N–H and O–H groups in total. The monoisotopic (exact) mass is 406 g/mol. The number of aromatic nitrogens is 1. The smallest absolute Gasteiger partial charge is 0.0687 e. The fraction of sp³-hybridized carbons (Fsp3) is 0.435. The van der Waals surface area contributed by atoms with Crippen molar-refractivity contribution in [1.29, 1.82) is 5.41 Å². The quantitative estimate of drug-likeness (QED) is 0.390. The molecular weight excluding hydrogens is 380 g/mol. The molecule has 2 fully saturated rings. The number of aromatic amines is 1. The standard InChI is InChI=1S/C23H26N4OS/c24-11-15-16(25-7-8-28)5-6-18-22(15)20-12-1-2-13(9-12)21(20)23(26-18)14-3-4-17-19(10-14)29-27-17/h3-6,10-13,20-21,23-28H,1-2,7-9H2/t12?,13?,20?,21-,23+/m1/s1. The number of nitrogens with one attached hydrogen (secondary N) is 4. The van der Waals surface area contributed by atoms with Crippen LogP contribution in [0.5, 0.6) is 0 Å². The summed E-state index contributed by atoms with van der Waals surface area (Å²) in [5.74, 6) is 2.59. The van der Waals surface area contributed by atoms with E-state index in [0.29, 0.717) is 24.4 Å². The molecule has 0 spiro atoms. The molecule has 2 bridgehead atoms. The van der Waals surface area contributed by atoms with Crippen molar-refractivity contribution in [1.82, 2.24) is 4.37 Å². The third kappa shape index (κ3) is 2.52. The Morgan fingerprint density at radius 3 is 2.86 bits per heavy atom. The van der Waals surface area contributed by atoms with E-state index in [1.807, 2.05) is 0 Å². The van der Waals surface area contributed by atoms with Gasteiger partial charge in [0.2, 0.25) is 0 Å². The van der Waals surface area contributed by atoms with E-state index in [9.17, 15) is 5.11 Å². The van der Waals surface area contributed by atoms with Gasteiger partial charge in [-0.1, -0.05) is 17.6 Å².